The number of aryl methyl sites for hydroxylation is 4. The van der Waals surface area contributed by atoms with E-state index in [9.17, 15) is 5.11 Å². The minimum absolute atomic E-state index is 0.165. The molecular formula is C42H46O3P2. The molecular weight excluding hydrogens is 614 g/mol. The number of rotatable bonds is 10. The van der Waals surface area contributed by atoms with Gasteiger partial charge in [-0.3, -0.25) is 0 Å². The normalized spacial score (nSPS) is 16.9. The van der Waals surface area contributed by atoms with E-state index in [0.29, 0.717) is 5.66 Å². The molecule has 0 saturated heterocycles. The van der Waals surface area contributed by atoms with Crippen molar-refractivity contribution in [3.8, 4) is 11.5 Å². The second kappa shape index (κ2) is 14.7. The van der Waals surface area contributed by atoms with Gasteiger partial charge in [-0.15, -0.1) is 0 Å². The van der Waals surface area contributed by atoms with Gasteiger partial charge >= 0.3 is 0 Å². The van der Waals surface area contributed by atoms with E-state index >= 15 is 0 Å². The van der Waals surface area contributed by atoms with Crippen LogP contribution >= 0.6 is 15.8 Å². The first-order chi connectivity index (χ1) is 22.8. The number of ether oxygens (including phenoxy) is 2. The number of hydrogen-bond acceptors (Lipinski definition) is 3. The van der Waals surface area contributed by atoms with Gasteiger partial charge in [-0.1, -0.05) is 91.3 Å². The Morgan fingerprint density at radius 1 is 0.596 bits per heavy atom. The molecule has 0 aromatic heterocycles. The second-order valence-electron chi connectivity index (χ2n) is 12.8. The van der Waals surface area contributed by atoms with E-state index in [2.05, 4.69) is 137 Å². The molecule has 3 unspecified atom stereocenters. The van der Waals surface area contributed by atoms with Crippen molar-refractivity contribution >= 4 is 42.4 Å². The van der Waals surface area contributed by atoms with Crippen molar-refractivity contribution < 1.29 is 14.6 Å². The van der Waals surface area contributed by atoms with E-state index in [1.165, 1.54) is 26.5 Å². The quantitative estimate of drug-likeness (QED) is 0.154. The highest BCUT2D eigenvalue weighted by molar-refractivity contribution is 7.80. The molecule has 242 valence electrons. The second-order valence-corrected chi connectivity index (χ2v) is 17.4. The summed E-state index contributed by atoms with van der Waals surface area (Å²) in [5, 5.41) is 19.1. The summed E-state index contributed by atoms with van der Waals surface area (Å²) in [6, 6.07) is 39.8. The number of aliphatic hydroxyl groups is 1. The van der Waals surface area contributed by atoms with Crippen LogP contribution in [-0.2, 0) is 0 Å². The highest BCUT2D eigenvalue weighted by Gasteiger charge is 2.40. The predicted octanol–water partition coefficient (Wildman–Crippen LogP) is 8.03. The summed E-state index contributed by atoms with van der Waals surface area (Å²) in [5.41, 5.74) is 5.96. The lowest BCUT2D eigenvalue weighted by Crippen LogP contribution is -2.31. The molecule has 1 N–H and O–H groups in total. The van der Waals surface area contributed by atoms with Gasteiger partial charge in [-0.2, -0.15) is 0 Å². The lowest BCUT2D eigenvalue weighted by Gasteiger charge is -2.34. The maximum Gasteiger partial charge on any atom is 0.124 e. The van der Waals surface area contributed by atoms with Crippen molar-refractivity contribution in [1.29, 1.82) is 0 Å². The Morgan fingerprint density at radius 2 is 1.04 bits per heavy atom. The summed E-state index contributed by atoms with van der Waals surface area (Å²) in [6.45, 7) is 8.53. The summed E-state index contributed by atoms with van der Waals surface area (Å²) in [7, 11) is 1.86. The molecule has 1 aliphatic rings. The Bertz CT molecular complexity index is 1680. The Morgan fingerprint density at radius 3 is 1.51 bits per heavy atom. The fourth-order valence-corrected chi connectivity index (χ4v) is 13.8. The van der Waals surface area contributed by atoms with E-state index in [1.807, 2.05) is 0 Å². The van der Waals surface area contributed by atoms with Crippen molar-refractivity contribution in [2.75, 3.05) is 14.2 Å². The van der Waals surface area contributed by atoms with Gasteiger partial charge in [0.05, 0.1) is 20.3 Å². The van der Waals surface area contributed by atoms with Crippen LogP contribution in [0.15, 0.2) is 109 Å². The standard InChI is InChI=1S/C42H46O3P2/c1-28-24-34(25-29(2)41(28)44-5)47(35-26-30(3)42(45-6)31(4)27-35)38-22-14-13-20-36(38)40(43)37-21-15-23-39(37)46(32-16-9-7-10-17-32)33-18-11-8-12-19-33/h7-14,16-20,22,24-27,37,39-40,43H,15,21,23H2,1-6H3. The van der Waals surface area contributed by atoms with Crippen molar-refractivity contribution in [2.24, 2.45) is 5.92 Å². The fourth-order valence-electron chi connectivity index (χ4n) is 7.72. The lowest BCUT2D eigenvalue weighted by molar-refractivity contribution is 0.114. The number of aliphatic hydroxyl groups excluding tert-OH is 1. The molecule has 1 aliphatic carbocycles. The average molecular weight is 661 g/mol. The first kappa shape index (κ1) is 33.4. The molecule has 6 rings (SSSR count). The van der Waals surface area contributed by atoms with Crippen molar-refractivity contribution in [1.82, 2.24) is 0 Å². The van der Waals surface area contributed by atoms with Crippen LogP contribution in [0.2, 0.25) is 0 Å². The smallest absolute Gasteiger partial charge is 0.124 e. The van der Waals surface area contributed by atoms with Gasteiger partial charge < -0.3 is 14.6 Å². The number of hydrogen-bond donors (Lipinski definition) is 1. The molecule has 1 saturated carbocycles. The van der Waals surface area contributed by atoms with Gasteiger partial charge in [0, 0.05) is 0 Å². The molecule has 0 bridgehead atoms. The summed E-state index contributed by atoms with van der Waals surface area (Å²) in [5.74, 6) is 2.03. The van der Waals surface area contributed by atoms with E-state index < -0.39 is 21.9 Å². The van der Waals surface area contributed by atoms with Crippen LogP contribution in [0.25, 0.3) is 0 Å². The first-order valence-electron chi connectivity index (χ1n) is 16.6. The van der Waals surface area contributed by atoms with E-state index in [1.54, 1.807) is 14.2 Å². The average Bonchev–Trinajstić information content (AvgIpc) is 3.55. The third kappa shape index (κ3) is 6.77. The number of benzene rings is 5. The van der Waals surface area contributed by atoms with Crippen LogP contribution in [0.1, 0.15) is 53.2 Å². The highest BCUT2D eigenvalue weighted by Crippen LogP contribution is 2.54. The maximum atomic E-state index is 12.6. The summed E-state index contributed by atoms with van der Waals surface area (Å²) in [4.78, 5) is 0. The Hall–Kier alpha value is -3.48. The molecule has 0 heterocycles. The van der Waals surface area contributed by atoms with Gasteiger partial charge in [-0.05, 0) is 147 Å². The zero-order chi connectivity index (χ0) is 33.1. The molecule has 5 aromatic rings. The van der Waals surface area contributed by atoms with Gasteiger partial charge in [0.2, 0.25) is 0 Å². The highest BCUT2D eigenvalue weighted by atomic mass is 31.1. The molecule has 47 heavy (non-hydrogen) atoms. The first-order valence-corrected chi connectivity index (χ1v) is 19.3. The van der Waals surface area contributed by atoms with Crippen LogP contribution in [0.5, 0.6) is 11.5 Å². The summed E-state index contributed by atoms with van der Waals surface area (Å²) >= 11 is 0. The molecule has 1 fully saturated rings. The van der Waals surface area contributed by atoms with Gasteiger partial charge in [0.1, 0.15) is 11.5 Å². The summed E-state index contributed by atoms with van der Waals surface area (Å²) < 4.78 is 11.6. The van der Waals surface area contributed by atoms with Gasteiger partial charge in [0.25, 0.3) is 0 Å². The zero-order valence-electron chi connectivity index (χ0n) is 28.4. The SMILES string of the molecule is COc1c(C)cc(P(c2cc(C)c(OC)c(C)c2)c2ccccc2C(O)C2CCCC2P(c2ccccc2)c2ccccc2)cc1C. The van der Waals surface area contributed by atoms with E-state index in [-0.39, 0.29) is 5.92 Å². The van der Waals surface area contributed by atoms with Gasteiger partial charge in [0.15, 0.2) is 0 Å². The maximum absolute atomic E-state index is 12.6. The Balaban J connectivity index is 1.48. The Labute approximate surface area is 283 Å². The van der Waals surface area contributed by atoms with Crippen LogP contribution in [-0.4, -0.2) is 25.0 Å². The van der Waals surface area contributed by atoms with Crippen molar-refractivity contribution in [3.63, 3.8) is 0 Å². The third-order valence-corrected chi connectivity index (χ3v) is 15.1. The molecule has 3 atom stereocenters. The van der Waals surface area contributed by atoms with Crippen LogP contribution in [0.3, 0.4) is 0 Å². The molecule has 3 nitrogen and oxygen atoms in total. The molecule has 0 aliphatic heterocycles. The number of methoxy groups -OCH3 is 2. The molecule has 5 aromatic carbocycles. The predicted molar refractivity (Wildman–Crippen MR) is 202 cm³/mol. The molecule has 0 amide bonds. The minimum Gasteiger partial charge on any atom is -0.496 e. The van der Waals surface area contributed by atoms with Crippen molar-refractivity contribution in [3.05, 3.63) is 137 Å². The third-order valence-electron chi connectivity index (χ3n) is 9.65. The van der Waals surface area contributed by atoms with Crippen LogP contribution in [0.4, 0.5) is 0 Å². The molecule has 0 radical (unpaired) electrons. The van der Waals surface area contributed by atoms with Crippen molar-refractivity contribution in [2.45, 2.75) is 58.7 Å². The van der Waals surface area contributed by atoms with Crippen LogP contribution in [0, 0.1) is 33.6 Å². The van der Waals surface area contributed by atoms with E-state index in [4.69, 9.17) is 9.47 Å². The van der Waals surface area contributed by atoms with Gasteiger partial charge in [-0.25, -0.2) is 0 Å². The molecule has 5 heteroatoms. The van der Waals surface area contributed by atoms with E-state index in [0.717, 1.165) is 58.6 Å². The lowest BCUT2D eigenvalue weighted by atomic mass is 9.94. The van der Waals surface area contributed by atoms with Crippen LogP contribution < -0.4 is 36.0 Å². The molecule has 0 spiro atoms. The Kier molecular flexibility index (Phi) is 10.5. The minimum atomic E-state index is -0.996. The largest absolute Gasteiger partial charge is 0.496 e. The summed E-state index contributed by atoms with van der Waals surface area (Å²) in [6.07, 6.45) is 2.72. The monoisotopic (exact) mass is 660 g/mol. The topological polar surface area (TPSA) is 38.7 Å². The zero-order valence-corrected chi connectivity index (χ0v) is 30.2. The fraction of sp³-hybridized carbons (Fsp3) is 0.286.